The van der Waals surface area contributed by atoms with Crippen molar-refractivity contribution in [3.63, 3.8) is 0 Å². The summed E-state index contributed by atoms with van der Waals surface area (Å²) < 4.78 is 16.3. The van der Waals surface area contributed by atoms with Crippen molar-refractivity contribution in [2.24, 2.45) is 0 Å². The first-order chi connectivity index (χ1) is 7.41. The fraction of sp³-hybridized carbons (Fsp3) is 0.222. The lowest BCUT2D eigenvalue weighted by molar-refractivity contribution is 0.234. The molecule has 6 nitrogen and oxygen atoms in total. The second-order valence-corrected chi connectivity index (χ2v) is 3.80. The Hall–Kier alpha value is -2.11. The van der Waals surface area contributed by atoms with E-state index in [1.165, 1.54) is 0 Å². The molecular formula is C9H3N3O3. The average molecular weight is 201 g/mol. The minimum atomic E-state index is -0.555. The van der Waals surface area contributed by atoms with E-state index in [-0.39, 0.29) is 6.10 Å². The van der Waals surface area contributed by atoms with Crippen molar-refractivity contribution in [1.82, 2.24) is 15.4 Å². The van der Waals surface area contributed by atoms with Gasteiger partial charge in [-0.25, -0.2) is 0 Å². The van der Waals surface area contributed by atoms with Crippen molar-refractivity contribution in [1.29, 1.82) is 0 Å². The van der Waals surface area contributed by atoms with Crippen LogP contribution in [0.15, 0.2) is 35.3 Å². The molecule has 6 heteroatoms. The summed E-state index contributed by atoms with van der Waals surface area (Å²) in [6, 6.07) is 1.78. The molecule has 0 amide bonds. The zero-order chi connectivity index (χ0) is 9.62. The molecule has 0 bridgehead atoms. The quantitative estimate of drug-likeness (QED) is 0.593. The van der Waals surface area contributed by atoms with E-state index in [9.17, 15) is 0 Å². The van der Waals surface area contributed by atoms with Gasteiger partial charge in [0.2, 0.25) is 17.6 Å². The van der Waals surface area contributed by atoms with E-state index in [4.69, 9.17) is 14.2 Å². The standard InChI is InChI=1S/C9H3N3O3/c1-2-10-12-11-3(1)9-7-5(14-7)4-6(13-4)8(9)15-9/h1-2,7H. The summed E-state index contributed by atoms with van der Waals surface area (Å²) in [5.41, 5.74) is 0.176. The second-order valence-electron chi connectivity index (χ2n) is 3.80. The van der Waals surface area contributed by atoms with Crippen molar-refractivity contribution < 1.29 is 14.2 Å². The summed E-state index contributed by atoms with van der Waals surface area (Å²) in [7, 11) is 0. The first kappa shape index (κ1) is 6.39. The Labute approximate surface area is 83.2 Å². The highest BCUT2D eigenvalue weighted by Gasteiger charge is 2.79. The van der Waals surface area contributed by atoms with Crippen LogP contribution in [0.2, 0.25) is 0 Å². The largest absolute Gasteiger partial charge is 0.473 e. The third-order valence-corrected chi connectivity index (χ3v) is 3.04. The van der Waals surface area contributed by atoms with Gasteiger partial charge < -0.3 is 14.2 Å². The van der Waals surface area contributed by atoms with Gasteiger partial charge in [0.25, 0.3) is 5.60 Å². The molecule has 3 aliphatic heterocycles. The smallest absolute Gasteiger partial charge is 0.257 e. The van der Waals surface area contributed by atoms with Gasteiger partial charge in [0.1, 0.15) is 5.69 Å². The Morgan fingerprint density at radius 1 is 1.33 bits per heavy atom. The zero-order valence-electron chi connectivity index (χ0n) is 7.30. The lowest BCUT2D eigenvalue weighted by Gasteiger charge is -2.01. The van der Waals surface area contributed by atoms with Crippen LogP contribution in [0.25, 0.3) is 0 Å². The lowest BCUT2D eigenvalue weighted by atomic mass is 9.96. The summed E-state index contributed by atoms with van der Waals surface area (Å²) in [6.07, 6.45) is 1.53. The molecule has 2 unspecified atom stereocenters. The van der Waals surface area contributed by atoms with Crippen LogP contribution in [0.5, 0.6) is 0 Å². The van der Waals surface area contributed by atoms with E-state index in [0.717, 1.165) is 28.7 Å². The van der Waals surface area contributed by atoms with Gasteiger partial charge >= 0.3 is 0 Å². The van der Waals surface area contributed by atoms with Crippen LogP contribution in [-0.4, -0.2) is 21.5 Å². The first-order valence-corrected chi connectivity index (χ1v) is 4.59. The minimum Gasteiger partial charge on any atom is -0.473 e. The third-order valence-electron chi connectivity index (χ3n) is 3.04. The SMILES string of the molecule is c1cc(C23OC2=C2OC2=C2OC23)nnn1. The van der Waals surface area contributed by atoms with Gasteiger partial charge in [-0.1, -0.05) is 0 Å². The molecular weight excluding hydrogens is 198 g/mol. The summed E-state index contributed by atoms with van der Waals surface area (Å²) in [5, 5.41) is 11.2. The van der Waals surface area contributed by atoms with Gasteiger partial charge in [-0.2, -0.15) is 0 Å². The fourth-order valence-electron chi connectivity index (χ4n) is 2.19. The molecule has 15 heavy (non-hydrogen) atoms. The topological polar surface area (TPSA) is 76.3 Å². The second kappa shape index (κ2) is 1.58. The molecule has 0 aromatic carbocycles. The average Bonchev–Trinajstić information content (AvgIpc) is 3.12. The van der Waals surface area contributed by atoms with Crippen LogP contribution >= 0.6 is 0 Å². The number of epoxide rings is 3. The van der Waals surface area contributed by atoms with Gasteiger partial charge in [0.05, 0.1) is 6.20 Å². The summed E-state index contributed by atoms with van der Waals surface area (Å²) in [5.74, 6) is 3.37. The number of rotatable bonds is 1. The molecule has 1 aliphatic carbocycles. The molecule has 1 aromatic rings. The van der Waals surface area contributed by atoms with E-state index in [1.54, 1.807) is 12.3 Å². The highest BCUT2D eigenvalue weighted by Crippen LogP contribution is 2.70. The molecule has 72 valence electrons. The van der Waals surface area contributed by atoms with E-state index in [1.807, 2.05) is 0 Å². The van der Waals surface area contributed by atoms with E-state index < -0.39 is 5.60 Å². The van der Waals surface area contributed by atoms with Gasteiger partial charge in [0.15, 0.2) is 11.5 Å². The highest BCUT2D eigenvalue weighted by molar-refractivity contribution is 5.61. The number of hydrogen-bond donors (Lipinski definition) is 0. The van der Waals surface area contributed by atoms with Crippen molar-refractivity contribution in [3.8, 4) is 0 Å². The zero-order valence-corrected chi connectivity index (χ0v) is 7.30. The summed E-state index contributed by atoms with van der Waals surface area (Å²) in [6.45, 7) is 0. The number of nitrogens with zero attached hydrogens (tertiary/aromatic N) is 3. The number of fused-ring (bicyclic) bond motifs is 4. The maximum atomic E-state index is 5.62. The molecule has 3 fully saturated rings. The van der Waals surface area contributed by atoms with Crippen LogP contribution in [0.3, 0.4) is 0 Å². The Morgan fingerprint density at radius 3 is 3.20 bits per heavy atom. The minimum absolute atomic E-state index is 0.0644. The predicted molar refractivity (Wildman–Crippen MR) is 42.6 cm³/mol. The highest BCUT2D eigenvalue weighted by atomic mass is 16.7. The number of aromatic nitrogens is 3. The molecule has 4 aliphatic rings. The van der Waals surface area contributed by atoms with Gasteiger partial charge in [0, 0.05) is 0 Å². The predicted octanol–water partition coefficient (Wildman–Crippen LogP) is -0.0371. The van der Waals surface area contributed by atoms with Crippen molar-refractivity contribution in [3.05, 3.63) is 41.0 Å². The molecule has 1 aromatic heterocycles. The van der Waals surface area contributed by atoms with Crippen molar-refractivity contribution >= 4 is 0 Å². The van der Waals surface area contributed by atoms with E-state index >= 15 is 0 Å². The number of hydrogen-bond acceptors (Lipinski definition) is 6. The van der Waals surface area contributed by atoms with Gasteiger partial charge in [-0.3, -0.25) is 0 Å². The monoisotopic (exact) mass is 201 g/mol. The molecule has 0 N–H and O–H groups in total. The molecule has 0 spiro atoms. The molecule has 0 radical (unpaired) electrons. The molecule has 3 saturated heterocycles. The van der Waals surface area contributed by atoms with Crippen LogP contribution in [-0.2, 0) is 19.8 Å². The molecule has 0 saturated carbocycles. The Kier molecular flexibility index (Phi) is 0.672. The summed E-state index contributed by atoms with van der Waals surface area (Å²) >= 11 is 0. The third kappa shape index (κ3) is 0.529. The first-order valence-electron chi connectivity index (χ1n) is 4.59. The van der Waals surface area contributed by atoms with Gasteiger partial charge in [-0.15, -0.1) is 10.2 Å². The lowest BCUT2D eigenvalue weighted by Crippen LogP contribution is -2.19. The van der Waals surface area contributed by atoms with Crippen molar-refractivity contribution in [2.75, 3.05) is 0 Å². The number of ether oxygens (including phenoxy) is 3. The van der Waals surface area contributed by atoms with Crippen LogP contribution in [0.4, 0.5) is 0 Å². The van der Waals surface area contributed by atoms with E-state index in [2.05, 4.69) is 15.4 Å². The van der Waals surface area contributed by atoms with Crippen molar-refractivity contribution in [2.45, 2.75) is 11.7 Å². The Morgan fingerprint density at radius 2 is 2.33 bits per heavy atom. The maximum Gasteiger partial charge on any atom is 0.257 e. The molecule has 2 atom stereocenters. The fourth-order valence-corrected chi connectivity index (χ4v) is 2.19. The van der Waals surface area contributed by atoms with Crippen LogP contribution < -0.4 is 0 Å². The summed E-state index contributed by atoms with van der Waals surface area (Å²) in [4.78, 5) is 0. The van der Waals surface area contributed by atoms with Crippen LogP contribution in [0, 0.1) is 0 Å². The van der Waals surface area contributed by atoms with Crippen LogP contribution in [0.1, 0.15) is 5.69 Å². The molecule has 4 heterocycles. The molecule has 5 rings (SSSR count). The normalized spacial score (nSPS) is 36.7. The van der Waals surface area contributed by atoms with E-state index in [0.29, 0.717) is 0 Å². The van der Waals surface area contributed by atoms with Gasteiger partial charge in [-0.05, 0) is 11.3 Å². The Balaban J connectivity index is 1.76. The Bertz CT molecular complexity index is 580. The maximum absolute atomic E-state index is 5.62.